The van der Waals surface area contributed by atoms with Crippen LogP contribution in [0.15, 0.2) is 12.1 Å². The lowest BCUT2D eigenvalue weighted by Crippen LogP contribution is -2.33. The van der Waals surface area contributed by atoms with Crippen molar-refractivity contribution >= 4 is 5.91 Å². The van der Waals surface area contributed by atoms with Gasteiger partial charge in [-0.3, -0.25) is 4.79 Å². The summed E-state index contributed by atoms with van der Waals surface area (Å²) >= 11 is 0. The third-order valence-corrected chi connectivity index (χ3v) is 2.28. The van der Waals surface area contributed by atoms with Crippen LogP contribution >= 0.6 is 0 Å². The number of terminal acetylenes is 1. The van der Waals surface area contributed by atoms with E-state index in [4.69, 9.17) is 6.42 Å². The van der Waals surface area contributed by atoms with Gasteiger partial charge in [0.15, 0.2) is 0 Å². The Balaban J connectivity index is 3.13. The smallest absolute Gasteiger partial charge is 0.260 e. The summed E-state index contributed by atoms with van der Waals surface area (Å²) in [4.78, 5) is 13.0. The highest BCUT2D eigenvalue weighted by atomic mass is 19.1. The molecule has 0 spiro atoms. The van der Waals surface area contributed by atoms with E-state index < -0.39 is 28.9 Å². The molecule has 1 aromatic rings. The molecule has 0 unspecified atom stereocenters. The molecule has 0 heterocycles. The van der Waals surface area contributed by atoms with Gasteiger partial charge in [-0.25, -0.2) is 13.2 Å². The molecule has 1 amide bonds. The third kappa shape index (κ3) is 3.04. The lowest BCUT2D eigenvalue weighted by Gasteiger charge is -2.20. The average Bonchev–Trinajstić information content (AvgIpc) is 2.27. The molecule has 96 valence electrons. The molecule has 0 atom stereocenters. The fraction of sp³-hybridized carbons (Fsp3) is 0.308. The first kappa shape index (κ1) is 14.1. The van der Waals surface area contributed by atoms with Gasteiger partial charge in [0.25, 0.3) is 5.91 Å². The second-order valence-corrected chi connectivity index (χ2v) is 3.68. The highest BCUT2D eigenvalue weighted by Crippen LogP contribution is 2.17. The Hall–Kier alpha value is -1.96. The van der Waals surface area contributed by atoms with Gasteiger partial charge in [-0.15, -0.1) is 6.42 Å². The zero-order valence-corrected chi connectivity index (χ0v) is 9.84. The van der Waals surface area contributed by atoms with Gasteiger partial charge in [0.2, 0.25) is 0 Å². The van der Waals surface area contributed by atoms with Crippen LogP contribution in [0.25, 0.3) is 0 Å². The summed E-state index contributed by atoms with van der Waals surface area (Å²) in [5.74, 6) is -2.15. The number of rotatable bonds is 4. The molecule has 5 heteroatoms. The number of halogens is 3. The summed E-state index contributed by atoms with van der Waals surface area (Å²) < 4.78 is 39.6. The normalized spacial score (nSPS) is 9.94. The Labute approximate surface area is 103 Å². The fourth-order valence-corrected chi connectivity index (χ4v) is 1.54. The molecule has 0 radical (unpaired) electrons. The minimum absolute atomic E-state index is 0.0526. The summed E-state index contributed by atoms with van der Waals surface area (Å²) in [5, 5.41) is 0. The van der Waals surface area contributed by atoms with Crippen LogP contribution in [-0.4, -0.2) is 23.9 Å². The summed E-state index contributed by atoms with van der Waals surface area (Å²) in [7, 11) is 0. The predicted molar refractivity (Wildman–Crippen MR) is 61.3 cm³/mol. The second-order valence-electron chi connectivity index (χ2n) is 3.68. The van der Waals surface area contributed by atoms with Crippen LogP contribution in [0.1, 0.15) is 23.7 Å². The van der Waals surface area contributed by atoms with Crippen molar-refractivity contribution in [3.63, 3.8) is 0 Å². The molecule has 0 aliphatic carbocycles. The van der Waals surface area contributed by atoms with Gasteiger partial charge in [0.1, 0.15) is 23.0 Å². The van der Waals surface area contributed by atoms with Gasteiger partial charge in [-0.1, -0.05) is 12.8 Å². The Bertz CT molecular complexity index is 470. The van der Waals surface area contributed by atoms with Gasteiger partial charge in [-0.05, 0) is 6.42 Å². The molecule has 0 saturated heterocycles. The maximum atomic E-state index is 13.4. The van der Waals surface area contributed by atoms with E-state index in [1.165, 1.54) is 0 Å². The number of benzene rings is 1. The van der Waals surface area contributed by atoms with E-state index in [0.717, 1.165) is 4.90 Å². The Morgan fingerprint density at radius 3 is 2.33 bits per heavy atom. The number of hydrogen-bond donors (Lipinski definition) is 0. The van der Waals surface area contributed by atoms with Crippen LogP contribution in [-0.2, 0) is 0 Å². The number of carbonyl (C=O) groups excluding carboxylic acids is 1. The molecular formula is C13H12F3NO. The zero-order chi connectivity index (χ0) is 13.7. The molecule has 0 aliphatic rings. The number of hydrogen-bond acceptors (Lipinski definition) is 1. The van der Waals surface area contributed by atoms with Crippen LogP contribution in [0.4, 0.5) is 13.2 Å². The number of nitrogens with zero attached hydrogens (tertiary/aromatic N) is 1. The van der Waals surface area contributed by atoms with Gasteiger partial charge >= 0.3 is 0 Å². The monoisotopic (exact) mass is 255 g/mol. The minimum Gasteiger partial charge on any atom is -0.327 e. The van der Waals surface area contributed by atoms with E-state index in [9.17, 15) is 18.0 Å². The minimum atomic E-state index is -1.23. The first-order chi connectivity index (χ1) is 8.51. The molecule has 0 N–H and O–H groups in total. The van der Waals surface area contributed by atoms with Crippen molar-refractivity contribution in [3.8, 4) is 12.3 Å². The van der Waals surface area contributed by atoms with Gasteiger partial charge in [0, 0.05) is 18.7 Å². The van der Waals surface area contributed by atoms with Gasteiger partial charge in [0.05, 0.1) is 6.54 Å². The van der Waals surface area contributed by atoms with Crippen LogP contribution < -0.4 is 0 Å². The molecule has 0 aromatic heterocycles. The molecule has 0 aliphatic heterocycles. The average molecular weight is 255 g/mol. The van der Waals surface area contributed by atoms with Crippen molar-refractivity contribution in [1.82, 2.24) is 4.90 Å². The third-order valence-electron chi connectivity index (χ3n) is 2.28. The first-order valence-electron chi connectivity index (χ1n) is 5.38. The van der Waals surface area contributed by atoms with E-state index >= 15 is 0 Å². The van der Waals surface area contributed by atoms with Crippen molar-refractivity contribution < 1.29 is 18.0 Å². The van der Waals surface area contributed by atoms with Crippen LogP contribution in [0, 0.1) is 29.8 Å². The Morgan fingerprint density at radius 2 is 1.89 bits per heavy atom. The molecule has 1 rings (SSSR count). The molecule has 1 aromatic carbocycles. The Morgan fingerprint density at radius 1 is 1.33 bits per heavy atom. The van der Waals surface area contributed by atoms with Crippen molar-refractivity contribution in [2.24, 2.45) is 0 Å². The van der Waals surface area contributed by atoms with Crippen molar-refractivity contribution in [1.29, 1.82) is 0 Å². The standard InChI is InChI=1S/C13H12F3NO/c1-3-5-17(6-4-2)13(18)12-10(15)7-9(14)8-11(12)16/h1,7-8H,4-6H2,2H3. The molecule has 0 bridgehead atoms. The van der Waals surface area contributed by atoms with E-state index in [0.29, 0.717) is 18.6 Å². The van der Waals surface area contributed by atoms with Crippen molar-refractivity contribution in [2.45, 2.75) is 13.3 Å². The first-order valence-corrected chi connectivity index (χ1v) is 5.38. The quantitative estimate of drug-likeness (QED) is 0.757. The summed E-state index contributed by atoms with van der Waals surface area (Å²) in [6.45, 7) is 2.02. The summed E-state index contributed by atoms with van der Waals surface area (Å²) in [5.41, 5.74) is -0.778. The van der Waals surface area contributed by atoms with Crippen LogP contribution in [0.2, 0.25) is 0 Å². The molecule has 0 saturated carbocycles. The van der Waals surface area contributed by atoms with E-state index in [2.05, 4.69) is 5.92 Å². The van der Waals surface area contributed by atoms with E-state index in [1.807, 2.05) is 0 Å². The van der Waals surface area contributed by atoms with Crippen molar-refractivity contribution in [2.75, 3.05) is 13.1 Å². The highest BCUT2D eigenvalue weighted by molar-refractivity contribution is 5.95. The molecular weight excluding hydrogens is 243 g/mol. The van der Waals surface area contributed by atoms with E-state index in [-0.39, 0.29) is 13.1 Å². The Kier molecular flexibility index (Phi) is 4.78. The maximum absolute atomic E-state index is 13.4. The molecule has 0 fully saturated rings. The topological polar surface area (TPSA) is 20.3 Å². The highest BCUT2D eigenvalue weighted by Gasteiger charge is 2.23. The van der Waals surface area contributed by atoms with Crippen LogP contribution in [0.5, 0.6) is 0 Å². The summed E-state index contributed by atoms with van der Waals surface area (Å²) in [6, 6.07) is 0.937. The number of carbonyl (C=O) groups is 1. The number of amides is 1. The zero-order valence-electron chi connectivity index (χ0n) is 9.84. The van der Waals surface area contributed by atoms with Gasteiger partial charge < -0.3 is 4.90 Å². The lowest BCUT2D eigenvalue weighted by molar-refractivity contribution is 0.0767. The van der Waals surface area contributed by atoms with Crippen LogP contribution in [0.3, 0.4) is 0 Å². The van der Waals surface area contributed by atoms with E-state index in [1.54, 1.807) is 6.92 Å². The predicted octanol–water partition coefficient (Wildman–Crippen LogP) is 2.59. The van der Waals surface area contributed by atoms with Crippen molar-refractivity contribution in [3.05, 3.63) is 35.1 Å². The largest absolute Gasteiger partial charge is 0.327 e. The molecule has 2 nitrogen and oxygen atoms in total. The SMILES string of the molecule is C#CCN(CCC)C(=O)c1c(F)cc(F)cc1F. The fourth-order valence-electron chi connectivity index (χ4n) is 1.54. The molecule has 18 heavy (non-hydrogen) atoms. The second kappa shape index (κ2) is 6.10. The van der Waals surface area contributed by atoms with Gasteiger partial charge in [-0.2, -0.15) is 0 Å². The lowest BCUT2D eigenvalue weighted by atomic mass is 10.1. The summed E-state index contributed by atoms with van der Waals surface area (Å²) in [6.07, 6.45) is 5.68. The maximum Gasteiger partial charge on any atom is 0.260 e.